The van der Waals surface area contributed by atoms with Crippen LogP contribution in [0.1, 0.15) is 31.4 Å². The predicted molar refractivity (Wildman–Crippen MR) is 72.6 cm³/mol. The zero-order chi connectivity index (χ0) is 12.8. The summed E-state index contributed by atoms with van der Waals surface area (Å²) in [6.07, 6.45) is 4.61. The number of rotatable bonds is 0. The van der Waals surface area contributed by atoms with Crippen molar-refractivity contribution in [1.29, 1.82) is 0 Å². The molecule has 0 aliphatic heterocycles. The van der Waals surface area contributed by atoms with E-state index < -0.39 is 0 Å². The van der Waals surface area contributed by atoms with Crippen LogP contribution in [0.3, 0.4) is 0 Å². The van der Waals surface area contributed by atoms with Crippen LogP contribution in [0.15, 0.2) is 47.8 Å². The van der Waals surface area contributed by atoms with Crippen molar-refractivity contribution in [2.45, 2.75) is 34.1 Å². The van der Waals surface area contributed by atoms with Crippen molar-refractivity contribution < 1.29 is 4.39 Å². The molecule has 1 atom stereocenters. The molecule has 1 aliphatic rings. The lowest BCUT2D eigenvalue weighted by molar-refractivity contribution is 0.600. The SMILES string of the molecule is CC1=CCC(C)C=C1F.Cc1ccc(C)cc1. The van der Waals surface area contributed by atoms with Gasteiger partial charge >= 0.3 is 0 Å². The summed E-state index contributed by atoms with van der Waals surface area (Å²) >= 11 is 0. The third kappa shape index (κ3) is 4.99. The van der Waals surface area contributed by atoms with Gasteiger partial charge in [0, 0.05) is 0 Å². The summed E-state index contributed by atoms with van der Waals surface area (Å²) in [5.74, 6) is 0.336. The van der Waals surface area contributed by atoms with Crippen molar-refractivity contribution in [1.82, 2.24) is 0 Å². The number of halogens is 1. The molecule has 0 amide bonds. The fourth-order valence-corrected chi connectivity index (χ4v) is 1.55. The number of benzene rings is 1. The van der Waals surface area contributed by atoms with Crippen molar-refractivity contribution in [2.75, 3.05) is 0 Å². The van der Waals surface area contributed by atoms with E-state index in [-0.39, 0.29) is 5.83 Å². The Kier molecular flexibility index (Phi) is 5.14. The molecule has 0 nitrogen and oxygen atoms in total. The fourth-order valence-electron chi connectivity index (χ4n) is 1.55. The van der Waals surface area contributed by atoms with Gasteiger partial charge in [0.2, 0.25) is 0 Å². The lowest BCUT2D eigenvalue weighted by Crippen LogP contribution is -1.95. The van der Waals surface area contributed by atoms with E-state index in [2.05, 4.69) is 38.1 Å². The van der Waals surface area contributed by atoms with E-state index in [1.807, 2.05) is 13.0 Å². The molecule has 0 aromatic heterocycles. The molecule has 1 heteroatoms. The third-order valence-corrected chi connectivity index (χ3v) is 2.82. The second-order valence-electron chi connectivity index (χ2n) is 4.77. The van der Waals surface area contributed by atoms with E-state index in [0.717, 1.165) is 12.0 Å². The van der Waals surface area contributed by atoms with Gasteiger partial charge in [-0.2, -0.15) is 0 Å². The Morgan fingerprint density at radius 3 is 1.82 bits per heavy atom. The van der Waals surface area contributed by atoms with Gasteiger partial charge in [0.1, 0.15) is 5.83 Å². The van der Waals surface area contributed by atoms with E-state index in [0.29, 0.717) is 5.92 Å². The maximum absolute atomic E-state index is 12.6. The third-order valence-electron chi connectivity index (χ3n) is 2.82. The quantitative estimate of drug-likeness (QED) is 0.581. The van der Waals surface area contributed by atoms with Gasteiger partial charge in [0.05, 0.1) is 0 Å². The molecule has 17 heavy (non-hydrogen) atoms. The zero-order valence-electron chi connectivity index (χ0n) is 11.1. The molecule has 92 valence electrons. The first kappa shape index (κ1) is 13.7. The summed E-state index contributed by atoms with van der Waals surface area (Å²) in [6, 6.07) is 8.48. The summed E-state index contributed by atoms with van der Waals surface area (Å²) in [5, 5.41) is 0. The normalized spacial score (nSPS) is 18.8. The van der Waals surface area contributed by atoms with Crippen LogP contribution in [0.5, 0.6) is 0 Å². The highest BCUT2D eigenvalue weighted by Crippen LogP contribution is 2.22. The van der Waals surface area contributed by atoms with E-state index in [1.54, 1.807) is 13.0 Å². The van der Waals surface area contributed by atoms with E-state index in [4.69, 9.17) is 0 Å². The first-order chi connectivity index (χ1) is 7.99. The molecule has 0 fully saturated rings. The van der Waals surface area contributed by atoms with Gasteiger partial charge in [0.15, 0.2) is 0 Å². The molecule has 0 heterocycles. The van der Waals surface area contributed by atoms with Crippen molar-refractivity contribution in [3.8, 4) is 0 Å². The van der Waals surface area contributed by atoms with Gasteiger partial charge in [0.25, 0.3) is 0 Å². The van der Waals surface area contributed by atoms with Crippen LogP contribution in [0.25, 0.3) is 0 Å². The summed E-state index contributed by atoms with van der Waals surface area (Å²) in [5.41, 5.74) is 3.44. The van der Waals surface area contributed by atoms with E-state index in [9.17, 15) is 4.39 Å². The Hall–Kier alpha value is -1.37. The average Bonchev–Trinajstić information content (AvgIpc) is 2.29. The maximum Gasteiger partial charge on any atom is 0.122 e. The first-order valence-electron chi connectivity index (χ1n) is 6.06. The van der Waals surface area contributed by atoms with Crippen LogP contribution in [0.4, 0.5) is 4.39 Å². The fraction of sp³-hybridized carbons (Fsp3) is 0.375. The lowest BCUT2D eigenvalue weighted by atomic mass is 9.99. The molecule has 0 bridgehead atoms. The number of aryl methyl sites for hydroxylation is 2. The minimum atomic E-state index is -0.0475. The predicted octanol–water partition coefficient (Wildman–Crippen LogP) is 5.13. The van der Waals surface area contributed by atoms with Gasteiger partial charge < -0.3 is 0 Å². The van der Waals surface area contributed by atoms with Crippen LogP contribution < -0.4 is 0 Å². The zero-order valence-corrected chi connectivity index (χ0v) is 11.1. The average molecular weight is 232 g/mol. The molecular weight excluding hydrogens is 211 g/mol. The first-order valence-corrected chi connectivity index (χ1v) is 6.06. The maximum atomic E-state index is 12.6. The Bertz CT molecular complexity index is 389. The van der Waals surface area contributed by atoms with E-state index in [1.165, 1.54) is 11.1 Å². The Morgan fingerprint density at radius 1 is 1.00 bits per heavy atom. The number of hydrogen-bond donors (Lipinski definition) is 0. The summed E-state index contributed by atoms with van der Waals surface area (Å²) < 4.78 is 12.6. The summed E-state index contributed by atoms with van der Waals surface area (Å²) in [7, 11) is 0. The van der Waals surface area contributed by atoms with Crippen LogP contribution in [-0.4, -0.2) is 0 Å². The van der Waals surface area contributed by atoms with Crippen molar-refractivity contribution in [3.05, 3.63) is 58.9 Å². The Morgan fingerprint density at radius 2 is 1.47 bits per heavy atom. The van der Waals surface area contributed by atoms with E-state index >= 15 is 0 Å². The molecule has 0 radical (unpaired) electrons. The second kappa shape index (κ2) is 6.39. The summed E-state index contributed by atoms with van der Waals surface area (Å²) in [4.78, 5) is 0. The minimum Gasteiger partial charge on any atom is -0.207 e. The van der Waals surface area contributed by atoms with Crippen LogP contribution in [-0.2, 0) is 0 Å². The van der Waals surface area contributed by atoms with Crippen molar-refractivity contribution >= 4 is 0 Å². The highest BCUT2D eigenvalue weighted by molar-refractivity contribution is 5.27. The topological polar surface area (TPSA) is 0 Å². The molecule has 1 unspecified atom stereocenters. The van der Waals surface area contributed by atoms with Gasteiger partial charge in [-0.25, -0.2) is 4.39 Å². The standard InChI is InChI=1S/C8H11F.C8H10/c1-6-3-4-7(2)8(9)5-6;1-7-3-5-8(2)6-4-7/h4-6H,3H2,1-2H3;3-6H,1-2H3. The molecule has 1 aromatic rings. The van der Waals surface area contributed by atoms with Gasteiger partial charge in [-0.1, -0.05) is 48.4 Å². The smallest absolute Gasteiger partial charge is 0.122 e. The highest BCUT2D eigenvalue weighted by Gasteiger charge is 2.07. The van der Waals surface area contributed by atoms with Crippen LogP contribution in [0, 0.1) is 19.8 Å². The molecule has 0 N–H and O–H groups in total. The van der Waals surface area contributed by atoms with Crippen LogP contribution >= 0.6 is 0 Å². The molecule has 0 saturated heterocycles. The van der Waals surface area contributed by atoms with Crippen LogP contribution in [0.2, 0.25) is 0 Å². The van der Waals surface area contributed by atoms with Gasteiger partial charge in [-0.05, 0) is 44.8 Å². The highest BCUT2D eigenvalue weighted by atomic mass is 19.1. The molecular formula is C16H21F. The van der Waals surface area contributed by atoms with Gasteiger partial charge in [-0.3, -0.25) is 0 Å². The van der Waals surface area contributed by atoms with Crippen molar-refractivity contribution in [3.63, 3.8) is 0 Å². The molecule has 2 rings (SSSR count). The molecule has 1 aromatic carbocycles. The van der Waals surface area contributed by atoms with Gasteiger partial charge in [-0.15, -0.1) is 0 Å². The second-order valence-corrected chi connectivity index (χ2v) is 4.77. The minimum absolute atomic E-state index is 0.0475. The van der Waals surface area contributed by atoms with Crippen molar-refractivity contribution in [2.24, 2.45) is 5.92 Å². The Labute approximate surface area is 104 Å². The lowest BCUT2D eigenvalue weighted by Gasteiger charge is -2.09. The number of allylic oxidation sites excluding steroid dienone is 4. The Balaban J connectivity index is 0.000000171. The molecule has 0 saturated carbocycles. The molecule has 0 spiro atoms. The monoisotopic (exact) mass is 232 g/mol. The number of hydrogen-bond acceptors (Lipinski definition) is 0. The largest absolute Gasteiger partial charge is 0.207 e. The summed E-state index contributed by atoms with van der Waals surface area (Å²) in [6.45, 7) is 8.01. The molecule has 1 aliphatic carbocycles.